The minimum Gasteiger partial charge on any atom is -0.310 e. The number of aryl methyl sites for hydroxylation is 6. The van der Waals surface area contributed by atoms with Crippen LogP contribution < -0.4 is 9.80 Å². The molecule has 2 heteroatoms. The van der Waals surface area contributed by atoms with Gasteiger partial charge in [-0.1, -0.05) is 128 Å². The molecule has 0 N–H and O–H groups in total. The number of anilines is 6. The Morgan fingerprint density at radius 1 is 0.397 bits per heavy atom. The van der Waals surface area contributed by atoms with E-state index in [-0.39, 0.29) is 0 Å². The van der Waals surface area contributed by atoms with E-state index in [0.29, 0.717) is 0 Å². The van der Waals surface area contributed by atoms with Gasteiger partial charge in [0.2, 0.25) is 0 Å². The number of unbranched alkanes of at least 4 members (excludes halogenated alkanes) is 2. The fraction of sp³-hybridized carbons (Fsp3) is 0.250. The van der Waals surface area contributed by atoms with Crippen LogP contribution in [0.4, 0.5) is 34.1 Å². The zero-order valence-corrected chi connectivity index (χ0v) is 35.6. The van der Waals surface area contributed by atoms with Gasteiger partial charge >= 0.3 is 0 Å². The molecule has 0 aromatic heterocycles. The summed E-state index contributed by atoms with van der Waals surface area (Å²) >= 11 is 0. The summed E-state index contributed by atoms with van der Waals surface area (Å²) in [6, 6.07) is 57.8. The van der Waals surface area contributed by atoms with Gasteiger partial charge in [0.1, 0.15) is 0 Å². The molecule has 0 saturated heterocycles. The van der Waals surface area contributed by atoms with Crippen LogP contribution in [0.2, 0.25) is 0 Å². The van der Waals surface area contributed by atoms with Crippen molar-refractivity contribution in [3.8, 4) is 11.1 Å². The summed E-state index contributed by atoms with van der Waals surface area (Å²) in [6.45, 7) is 15.8. The Bertz CT molecular complexity index is 2370. The lowest BCUT2D eigenvalue weighted by molar-refractivity contribution is 0.712. The van der Waals surface area contributed by atoms with Gasteiger partial charge in [-0.25, -0.2) is 0 Å². The Kier molecular flexibility index (Phi) is 11.1. The highest BCUT2D eigenvalue weighted by molar-refractivity contribution is 5.90. The van der Waals surface area contributed by atoms with E-state index in [1.165, 1.54) is 121 Å². The summed E-state index contributed by atoms with van der Waals surface area (Å²) in [5.41, 5.74) is 21.1. The third-order valence-corrected chi connectivity index (χ3v) is 12.2. The van der Waals surface area contributed by atoms with E-state index in [4.69, 9.17) is 0 Å². The highest BCUT2D eigenvalue weighted by Gasteiger charge is 2.42. The van der Waals surface area contributed by atoms with Gasteiger partial charge in [0.15, 0.2) is 0 Å². The van der Waals surface area contributed by atoms with Crippen LogP contribution in [-0.4, -0.2) is 0 Å². The van der Waals surface area contributed by atoms with Gasteiger partial charge in [-0.2, -0.15) is 0 Å². The van der Waals surface area contributed by atoms with Gasteiger partial charge in [0, 0.05) is 39.5 Å². The summed E-state index contributed by atoms with van der Waals surface area (Å²) in [4.78, 5) is 4.91. The Labute approximate surface area is 347 Å². The smallest absolute Gasteiger partial charge is 0.0465 e. The predicted octanol–water partition coefficient (Wildman–Crippen LogP) is 15.9. The largest absolute Gasteiger partial charge is 0.310 e. The molecule has 0 bridgehead atoms. The van der Waals surface area contributed by atoms with Crippen LogP contribution in [0.3, 0.4) is 0 Å². The second-order valence-corrected chi connectivity index (χ2v) is 16.8. The van der Waals surface area contributed by atoms with Crippen molar-refractivity contribution in [2.24, 2.45) is 0 Å². The third-order valence-electron chi connectivity index (χ3n) is 12.2. The van der Waals surface area contributed by atoms with E-state index in [2.05, 4.69) is 210 Å². The van der Waals surface area contributed by atoms with E-state index >= 15 is 0 Å². The van der Waals surface area contributed by atoms with Crippen molar-refractivity contribution in [3.63, 3.8) is 0 Å². The van der Waals surface area contributed by atoms with Gasteiger partial charge in [-0.15, -0.1) is 0 Å². The first-order valence-corrected chi connectivity index (χ1v) is 21.5. The average molecular weight is 759 g/mol. The first kappa shape index (κ1) is 39.0. The van der Waals surface area contributed by atoms with E-state index in [0.717, 1.165) is 12.8 Å². The summed E-state index contributed by atoms with van der Waals surface area (Å²) in [5, 5.41) is 0. The van der Waals surface area contributed by atoms with Crippen LogP contribution in [0.1, 0.15) is 96.5 Å². The summed E-state index contributed by atoms with van der Waals surface area (Å²) < 4.78 is 0. The standard InChI is InChI=1S/C56H58N2/c1-8-10-14-43-16-12-18-48(35-43)57(46-24-20-39(3)21-25-46)50-28-30-52-53-31-29-51(38-55(53)56(7,54(52)37-50)45-33-41(5)32-42(6)34-45)58(47-26-22-40(4)23-27-47)49-19-13-17-44(36-49)15-11-9-2/h12-13,16-38H,8-11,14-15H2,1-7H3. The molecule has 8 rings (SSSR count). The quantitative estimate of drug-likeness (QED) is 0.116. The van der Waals surface area contributed by atoms with Crippen LogP contribution in [0.15, 0.2) is 152 Å². The lowest BCUT2D eigenvalue weighted by Gasteiger charge is -2.32. The van der Waals surface area contributed by atoms with Crippen LogP contribution >= 0.6 is 0 Å². The Balaban J connectivity index is 1.32. The van der Waals surface area contributed by atoms with Crippen molar-refractivity contribution in [1.29, 1.82) is 0 Å². The fourth-order valence-corrected chi connectivity index (χ4v) is 9.11. The number of rotatable bonds is 13. The highest BCUT2D eigenvalue weighted by Crippen LogP contribution is 2.55. The average Bonchev–Trinajstić information content (AvgIpc) is 3.48. The van der Waals surface area contributed by atoms with Crippen molar-refractivity contribution < 1.29 is 0 Å². The van der Waals surface area contributed by atoms with Crippen molar-refractivity contribution in [2.45, 2.75) is 92.4 Å². The zero-order chi connectivity index (χ0) is 40.4. The minimum atomic E-state index is -0.405. The zero-order valence-electron chi connectivity index (χ0n) is 35.6. The highest BCUT2D eigenvalue weighted by atomic mass is 15.1. The number of fused-ring (bicyclic) bond motifs is 3. The molecule has 7 aromatic carbocycles. The Morgan fingerprint density at radius 2 is 0.793 bits per heavy atom. The molecule has 0 aliphatic heterocycles. The molecule has 2 nitrogen and oxygen atoms in total. The van der Waals surface area contributed by atoms with Crippen molar-refractivity contribution in [3.05, 3.63) is 202 Å². The van der Waals surface area contributed by atoms with E-state index in [1.807, 2.05) is 0 Å². The summed E-state index contributed by atoms with van der Waals surface area (Å²) in [6.07, 6.45) is 6.91. The number of benzene rings is 7. The van der Waals surface area contributed by atoms with Crippen LogP contribution in [0.25, 0.3) is 11.1 Å². The molecule has 58 heavy (non-hydrogen) atoms. The van der Waals surface area contributed by atoms with Gasteiger partial charge in [0.25, 0.3) is 0 Å². The Morgan fingerprint density at radius 3 is 1.21 bits per heavy atom. The molecule has 0 fully saturated rings. The second kappa shape index (κ2) is 16.5. The molecule has 1 aliphatic rings. The maximum atomic E-state index is 2.49. The third kappa shape index (κ3) is 7.61. The van der Waals surface area contributed by atoms with Crippen molar-refractivity contribution in [1.82, 2.24) is 0 Å². The molecule has 0 radical (unpaired) electrons. The SMILES string of the molecule is CCCCc1cccc(N(c2ccc(C)cc2)c2ccc3c(c2)C(C)(c2cc(C)cc(C)c2)c2cc(N(c4ccc(C)cc4)c4cccc(CCCC)c4)ccc2-3)c1. The van der Waals surface area contributed by atoms with Crippen LogP contribution in [0.5, 0.6) is 0 Å². The number of nitrogens with zero attached hydrogens (tertiary/aromatic N) is 2. The molecule has 0 unspecified atom stereocenters. The molecule has 292 valence electrons. The molecule has 0 spiro atoms. The fourth-order valence-electron chi connectivity index (χ4n) is 9.11. The van der Waals surface area contributed by atoms with Crippen molar-refractivity contribution >= 4 is 34.1 Å². The van der Waals surface area contributed by atoms with E-state index in [1.54, 1.807) is 0 Å². The van der Waals surface area contributed by atoms with Crippen molar-refractivity contribution in [2.75, 3.05) is 9.80 Å². The summed E-state index contributed by atoms with van der Waals surface area (Å²) in [7, 11) is 0. The molecule has 1 aliphatic carbocycles. The lowest BCUT2D eigenvalue weighted by atomic mass is 9.73. The lowest BCUT2D eigenvalue weighted by Crippen LogP contribution is -2.24. The monoisotopic (exact) mass is 758 g/mol. The molecule has 0 heterocycles. The molecule has 7 aromatic rings. The van der Waals surface area contributed by atoms with Gasteiger partial charge in [-0.3, -0.25) is 0 Å². The summed E-state index contributed by atoms with van der Waals surface area (Å²) in [5.74, 6) is 0. The van der Waals surface area contributed by atoms with Gasteiger partial charge in [0.05, 0.1) is 0 Å². The predicted molar refractivity (Wildman–Crippen MR) is 249 cm³/mol. The number of hydrogen-bond acceptors (Lipinski definition) is 2. The molecule has 0 amide bonds. The topological polar surface area (TPSA) is 6.48 Å². The molecular formula is C56H58N2. The first-order chi connectivity index (χ1) is 28.2. The van der Waals surface area contributed by atoms with Gasteiger partial charge < -0.3 is 9.80 Å². The van der Waals surface area contributed by atoms with E-state index < -0.39 is 5.41 Å². The normalized spacial score (nSPS) is 12.6. The van der Waals surface area contributed by atoms with Gasteiger partial charge in [-0.05, 0) is 172 Å². The van der Waals surface area contributed by atoms with Crippen LogP contribution in [0, 0.1) is 27.7 Å². The first-order valence-electron chi connectivity index (χ1n) is 21.5. The molecule has 0 saturated carbocycles. The minimum absolute atomic E-state index is 0.405. The number of hydrogen-bond donors (Lipinski definition) is 0. The maximum Gasteiger partial charge on any atom is 0.0465 e. The second-order valence-electron chi connectivity index (χ2n) is 16.8. The molecular weight excluding hydrogens is 701 g/mol. The molecule has 0 atom stereocenters. The van der Waals surface area contributed by atoms with Crippen LogP contribution in [-0.2, 0) is 18.3 Å². The van der Waals surface area contributed by atoms with E-state index in [9.17, 15) is 0 Å². The maximum absolute atomic E-state index is 2.49. The Hall–Kier alpha value is -5.86.